The van der Waals surface area contributed by atoms with Gasteiger partial charge in [-0.25, -0.2) is 0 Å². The maximum atomic E-state index is 9.63. The van der Waals surface area contributed by atoms with Crippen LogP contribution in [0.1, 0.15) is 0 Å². The number of aliphatic carboxylic acids is 10. The Morgan fingerprint density at radius 2 is 0.250 bits per heavy atom. The van der Waals surface area contributed by atoms with E-state index in [1.54, 1.807) is 0 Å². The molecule has 30 nitrogen and oxygen atoms in total. The van der Waals surface area contributed by atoms with E-state index >= 15 is 0 Å². The van der Waals surface area contributed by atoms with E-state index in [9.17, 15) is 99.0 Å². The quantitative estimate of drug-likeness (QED) is 0.0731. The molecule has 32 heteroatoms. The van der Waals surface area contributed by atoms with Crippen molar-refractivity contribution in [1.29, 1.82) is 0 Å². The van der Waals surface area contributed by atoms with Gasteiger partial charge in [-0.3, -0.25) is 0 Å². The van der Waals surface area contributed by atoms with Crippen LogP contribution in [0, 0.1) is 0 Å². The monoisotopic (exact) mass is 842 g/mol. The molecule has 0 aromatic carbocycles. The average Bonchev–Trinajstić information content (AvgIpc) is 3.01. The Labute approximate surface area is 307 Å². The molecule has 0 heterocycles. The third-order valence-electron chi connectivity index (χ3n) is 3.91. The van der Waals surface area contributed by atoms with Gasteiger partial charge < -0.3 is 150 Å². The molecular formula is C20H20O30V2-10. The van der Waals surface area contributed by atoms with Crippen LogP contribution in [0.25, 0.3) is 0 Å². The maximum Gasteiger partial charge on any atom is 0.124 e. The minimum absolute atomic E-state index is 0. The molecule has 0 aromatic heterocycles. The first-order chi connectivity index (χ1) is 22.3. The number of carbonyl (C=O) groups excluding carboxylic acids is 10. The van der Waals surface area contributed by atoms with Gasteiger partial charge in [0.25, 0.3) is 0 Å². The molecule has 0 spiro atoms. The van der Waals surface area contributed by atoms with Gasteiger partial charge in [0.1, 0.15) is 61.0 Å². The first-order valence-corrected chi connectivity index (χ1v) is 11.2. The van der Waals surface area contributed by atoms with Gasteiger partial charge in [0, 0.05) is 37.1 Å². The zero-order chi connectivity index (χ0) is 41.5. The summed E-state index contributed by atoms with van der Waals surface area (Å²) in [6, 6.07) is 0. The van der Waals surface area contributed by atoms with E-state index in [0.717, 1.165) is 0 Å². The predicted molar refractivity (Wildman–Crippen MR) is 110 cm³/mol. The SMILES string of the molecule is O=C([O-])C(O)C(O)C(=O)[O-].O=C([O-])C(O)C(O)C(=O)[O-].O=C([O-])C(O)C(O)C(=O)[O-].O=C([O-])C(O)C(O)C(=O)[O-].O=C([O-])C(O)C(O)C(=O)[O-].[V].[V]. The Morgan fingerprint density at radius 3 is 0.269 bits per heavy atom. The van der Waals surface area contributed by atoms with Crippen LogP contribution in [0.4, 0.5) is 0 Å². The summed E-state index contributed by atoms with van der Waals surface area (Å²) in [5.41, 5.74) is 0. The van der Waals surface area contributed by atoms with Crippen LogP contribution in [0.5, 0.6) is 0 Å². The molecule has 0 aliphatic rings. The van der Waals surface area contributed by atoms with Gasteiger partial charge >= 0.3 is 0 Å². The van der Waals surface area contributed by atoms with E-state index in [1.807, 2.05) is 0 Å². The zero-order valence-electron chi connectivity index (χ0n) is 24.3. The van der Waals surface area contributed by atoms with E-state index in [4.69, 9.17) is 51.1 Å². The molecule has 300 valence electrons. The summed E-state index contributed by atoms with van der Waals surface area (Å²) >= 11 is 0. The van der Waals surface area contributed by atoms with Crippen molar-refractivity contribution in [2.45, 2.75) is 61.0 Å². The Bertz CT molecular complexity index is 890. The van der Waals surface area contributed by atoms with Crippen molar-refractivity contribution in [2.75, 3.05) is 0 Å². The largest absolute Gasteiger partial charge is 0.547 e. The molecule has 0 saturated heterocycles. The molecule has 0 amide bonds. The second-order valence-corrected chi connectivity index (χ2v) is 7.64. The van der Waals surface area contributed by atoms with Gasteiger partial charge in [-0.1, -0.05) is 0 Å². The van der Waals surface area contributed by atoms with Crippen LogP contribution >= 0.6 is 0 Å². The van der Waals surface area contributed by atoms with Crippen molar-refractivity contribution in [1.82, 2.24) is 0 Å². The van der Waals surface area contributed by atoms with Crippen molar-refractivity contribution >= 4 is 59.7 Å². The van der Waals surface area contributed by atoms with Crippen LogP contribution in [0.3, 0.4) is 0 Å². The minimum atomic E-state index is -2.44. The number of carboxylic acid groups (broad SMARTS) is 10. The van der Waals surface area contributed by atoms with Crippen LogP contribution in [0.15, 0.2) is 0 Å². The number of carboxylic acids is 10. The van der Waals surface area contributed by atoms with E-state index in [-0.39, 0.29) is 37.1 Å². The summed E-state index contributed by atoms with van der Waals surface area (Å²) in [6.45, 7) is 0. The molecule has 0 aliphatic carbocycles. The molecule has 0 aliphatic heterocycles. The summed E-state index contributed by atoms with van der Waals surface area (Å²) < 4.78 is 0. The topological polar surface area (TPSA) is 604 Å². The van der Waals surface area contributed by atoms with Crippen molar-refractivity contribution < 1.29 is 187 Å². The number of hydrogen-bond acceptors (Lipinski definition) is 30. The van der Waals surface area contributed by atoms with Crippen molar-refractivity contribution in [3.63, 3.8) is 0 Å². The van der Waals surface area contributed by atoms with Gasteiger partial charge in [-0.2, -0.15) is 0 Å². The summed E-state index contributed by atoms with van der Waals surface area (Å²) in [4.78, 5) is 96.3. The van der Waals surface area contributed by atoms with Gasteiger partial charge in [-0.05, 0) is 0 Å². The third kappa shape index (κ3) is 29.2. The molecule has 0 aromatic rings. The van der Waals surface area contributed by atoms with Crippen LogP contribution in [0.2, 0.25) is 0 Å². The Morgan fingerprint density at radius 1 is 0.212 bits per heavy atom. The standard InChI is InChI=1S/5C4H6O6.2V/c5*5-1(3(7)8)2(6)4(9)10;;/h5*1-2,5-6H,(H,7,8)(H,9,10);;/p-10. The fraction of sp³-hybridized carbons (Fsp3) is 0.500. The molecule has 52 heavy (non-hydrogen) atoms. The summed E-state index contributed by atoms with van der Waals surface area (Å²) in [5.74, 6) is -20.6. The molecule has 10 atom stereocenters. The Kier molecular flexibility index (Phi) is 37.6. The Hall–Kier alpha value is -4.53. The van der Waals surface area contributed by atoms with Gasteiger partial charge in [0.05, 0.1) is 59.7 Å². The normalized spacial score (nSPS) is 15.2. The maximum absolute atomic E-state index is 9.63. The number of carbonyl (C=O) groups is 10. The van der Waals surface area contributed by atoms with Gasteiger partial charge in [0.15, 0.2) is 0 Å². The Balaban J connectivity index is -0.0000000964. The first kappa shape index (κ1) is 62.6. The second kappa shape index (κ2) is 31.2. The number of hydrogen-bond donors (Lipinski definition) is 10. The number of rotatable bonds is 15. The molecule has 10 unspecified atom stereocenters. The molecule has 0 saturated carbocycles. The fourth-order valence-electron chi connectivity index (χ4n) is 1.29. The third-order valence-corrected chi connectivity index (χ3v) is 3.91. The number of aliphatic hydroxyl groups is 10. The zero-order valence-corrected chi connectivity index (χ0v) is 27.1. The summed E-state index contributed by atoms with van der Waals surface area (Å²) in [7, 11) is 0. The van der Waals surface area contributed by atoms with E-state index in [2.05, 4.69) is 0 Å². The van der Waals surface area contributed by atoms with Crippen LogP contribution in [-0.2, 0) is 85.1 Å². The van der Waals surface area contributed by atoms with E-state index < -0.39 is 121 Å². The van der Waals surface area contributed by atoms with E-state index in [0.29, 0.717) is 0 Å². The van der Waals surface area contributed by atoms with Crippen molar-refractivity contribution in [3.8, 4) is 0 Å². The molecule has 0 fully saturated rings. The minimum Gasteiger partial charge on any atom is -0.547 e. The smallest absolute Gasteiger partial charge is 0.124 e. The van der Waals surface area contributed by atoms with Crippen LogP contribution < -0.4 is 51.1 Å². The van der Waals surface area contributed by atoms with Crippen LogP contribution in [-0.4, -0.2) is 172 Å². The molecule has 10 N–H and O–H groups in total. The van der Waals surface area contributed by atoms with Crippen molar-refractivity contribution in [3.05, 3.63) is 0 Å². The molecule has 0 rings (SSSR count). The molecular weight excluding hydrogens is 822 g/mol. The first-order valence-electron chi connectivity index (χ1n) is 11.2. The summed E-state index contributed by atoms with van der Waals surface area (Å²) in [5, 5.41) is 179. The fourth-order valence-corrected chi connectivity index (χ4v) is 1.29. The van der Waals surface area contributed by atoms with Gasteiger partial charge in [0.2, 0.25) is 0 Å². The predicted octanol–water partition coefficient (Wildman–Crippen LogP) is -24.0. The van der Waals surface area contributed by atoms with E-state index in [1.165, 1.54) is 0 Å². The second-order valence-electron chi connectivity index (χ2n) is 7.64. The average molecular weight is 842 g/mol. The molecule has 0 bridgehead atoms. The van der Waals surface area contributed by atoms with Gasteiger partial charge in [-0.15, -0.1) is 0 Å². The summed E-state index contributed by atoms with van der Waals surface area (Å²) in [6.07, 6.45) is -24.4. The molecule has 2 radical (unpaired) electrons. The van der Waals surface area contributed by atoms with Crippen molar-refractivity contribution in [2.24, 2.45) is 0 Å². The number of aliphatic hydroxyl groups excluding tert-OH is 10.